The molecule has 7 heteroatoms. The largest absolute Gasteiger partial charge is 0.487 e. The Morgan fingerprint density at radius 2 is 2.24 bits per heavy atom. The number of carboxylic acid groups (broad SMARTS) is 1. The number of benzene rings is 1. The summed E-state index contributed by atoms with van der Waals surface area (Å²) >= 11 is 1.57. The van der Waals surface area contributed by atoms with Gasteiger partial charge in [0.25, 0.3) is 5.91 Å². The lowest BCUT2D eigenvalue weighted by atomic mass is 10.0. The highest BCUT2D eigenvalue weighted by molar-refractivity contribution is 7.09. The zero-order chi connectivity index (χ0) is 18.0. The minimum absolute atomic E-state index is 0.161. The number of aryl methyl sites for hydroxylation is 1. The van der Waals surface area contributed by atoms with Gasteiger partial charge in [-0.15, -0.1) is 11.3 Å². The fourth-order valence-electron chi connectivity index (χ4n) is 3.07. The van der Waals surface area contributed by atoms with Gasteiger partial charge in [0.1, 0.15) is 12.4 Å². The number of carbonyl (C=O) groups is 2. The molecule has 1 amide bonds. The molecule has 1 aromatic carbocycles. The van der Waals surface area contributed by atoms with Crippen molar-refractivity contribution in [1.29, 1.82) is 0 Å². The number of carboxylic acids is 1. The molecule has 1 aliphatic rings. The van der Waals surface area contributed by atoms with Crippen LogP contribution in [0.25, 0.3) is 0 Å². The zero-order valence-corrected chi connectivity index (χ0v) is 15.0. The van der Waals surface area contributed by atoms with E-state index in [0.29, 0.717) is 30.9 Å². The molecule has 1 N–H and O–H groups in total. The van der Waals surface area contributed by atoms with Crippen LogP contribution >= 0.6 is 11.3 Å². The van der Waals surface area contributed by atoms with Gasteiger partial charge >= 0.3 is 5.97 Å². The van der Waals surface area contributed by atoms with Crippen molar-refractivity contribution >= 4 is 23.2 Å². The number of carbonyl (C=O) groups excluding carboxylic acids is 1. The maximum absolute atomic E-state index is 12.7. The van der Waals surface area contributed by atoms with Crippen molar-refractivity contribution in [1.82, 2.24) is 9.88 Å². The average molecular weight is 360 g/mol. The first-order valence-electron chi connectivity index (χ1n) is 8.13. The van der Waals surface area contributed by atoms with Crippen LogP contribution in [0.1, 0.15) is 34.4 Å². The molecule has 1 saturated heterocycles. The number of amides is 1. The van der Waals surface area contributed by atoms with E-state index < -0.39 is 11.9 Å². The first-order valence-corrected chi connectivity index (χ1v) is 9.01. The van der Waals surface area contributed by atoms with Crippen molar-refractivity contribution in [3.63, 3.8) is 0 Å². The minimum Gasteiger partial charge on any atom is -0.487 e. The van der Waals surface area contributed by atoms with Crippen LogP contribution in [-0.2, 0) is 11.4 Å². The van der Waals surface area contributed by atoms with Crippen molar-refractivity contribution < 1.29 is 19.4 Å². The maximum atomic E-state index is 12.7. The predicted octanol–water partition coefficient (Wildman–Crippen LogP) is 2.97. The molecule has 0 aliphatic carbocycles. The van der Waals surface area contributed by atoms with E-state index in [2.05, 4.69) is 4.98 Å². The van der Waals surface area contributed by atoms with Crippen LogP contribution in [0.5, 0.6) is 5.75 Å². The number of ether oxygens (including phenoxy) is 1. The lowest BCUT2D eigenvalue weighted by Crippen LogP contribution is -2.37. The van der Waals surface area contributed by atoms with E-state index in [9.17, 15) is 14.7 Å². The Balaban J connectivity index is 1.68. The van der Waals surface area contributed by atoms with E-state index in [1.807, 2.05) is 12.3 Å². The second-order valence-corrected chi connectivity index (χ2v) is 7.21. The van der Waals surface area contributed by atoms with E-state index in [-0.39, 0.29) is 11.9 Å². The third-order valence-corrected chi connectivity index (χ3v) is 5.29. The van der Waals surface area contributed by atoms with Crippen molar-refractivity contribution in [2.24, 2.45) is 5.92 Å². The highest BCUT2D eigenvalue weighted by Crippen LogP contribution is 2.27. The van der Waals surface area contributed by atoms with E-state index in [0.717, 1.165) is 10.7 Å². The third kappa shape index (κ3) is 3.82. The molecule has 1 aromatic heterocycles. The van der Waals surface area contributed by atoms with Crippen LogP contribution in [-0.4, -0.2) is 39.5 Å². The molecule has 6 nitrogen and oxygen atoms in total. The van der Waals surface area contributed by atoms with Gasteiger partial charge in [0, 0.05) is 23.5 Å². The number of thiazole rings is 1. The highest BCUT2D eigenvalue weighted by atomic mass is 32.1. The van der Waals surface area contributed by atoms with Gasteiger partial charge in [-0.2, -0.15) is 0 Å². The molecule has 2 aromatic rings. The Kier molecular flexibility index (Phi) is 5.03. The molecule has 2 unspecified atom stereocenters. The monoisotopic (exact) mass is 360 g/mol. The fraction of sp³-hybridized carbons (Fsp3) is 0.389. The van der Waals surface area contributed by atoms with Crippen LogP contribution in [0.4, 0.5) is 0 Å². The number of aromatic nitrogens is 1. The maximum Gasteiger partial charge on any atom is 0.308 e. The molecular formula is C18H20N2O4S. The van der Waals surface area contributed by atoms with Crippen molar-refractivity contribution in [2.45, 2.75) is 32.9 Å². The molecule has 25 heavy (non-hydrogen) atoms. The zero-order valence-electron chi connectivity index (χ0n) is 14.1. The van der Waals surface area contributed by atoms with E-state index in [1.165, 1.54) is 0 Å². The van der Waals surface area contributed by atoms with Crippen molar-refractivity contribution in [3.05, 3.63) is 45.9 Å². The molecule has 0 saturated carbocycles. The molecule has 1 aliphatic heterocycles. The first-order chi connectivity index (χ1) is 12.0. The molecule has 0 radical (unpaired) electrons. The van der Waals surface area contributed by atoms with Crippen LogP contribution in [0.2, 0.25) is 0 Å². The summed E-state index contributed by atoms with van der Waals surface area (Å²) in [4.78, 5) is 29.9. The standard InChI is InChI=1S/C18H20N2O4S/c1-11-16(18(22)23)6-7-20(11)17(21)13-4-3-5-15(8-13)24-9-14-10-25-12(2)19-14/h3-5,8,10-11,16H,6-7,9H2,1-2H3,(H,22,23). The Hall–Kier alpha value is -2.41. The molecule has 2 atom stereocenters. The summed E-state index contributed by atoms with van der Waals surface area (Å²) in [5.74, 6) is -0.918. The number of aliphatic carboxylic acids is 1. The summed E-state index contributed by atoms with van der Waals surface area (Å²) in [6, 6.07) is 6.67. The second kappa shape index (κ2) is 7.23. The summed E-state index contributed by atoms with van der Waals surface area (Å²) in [6.45, 7) is 4.53. The van der Waals surface area contributed by atoms with Gasteiger partial charge in [-0.1, -0.05) is 6.07 Å². The third-order valence-electron chi connectivity index (χ3n) is 4.47. The van der Waals surface area contributed by atoms with E-state index in [4.69, 9.17) is 4.74 Å². The molecular weight excluding hydrogens is 340 g/mol. The molecule has 1 fully saturated rings. The van der Waals surface area contributed by atoms with Gasteiger partial charge in [0.05, 0.1) is 16.6 Å². The number of hydrogen-bond acceptors (Lipinski definition) is 5. The number of likely N-dealkylation sites (tertiary alicyclic amines) is 1. The van der Waals surface area contributed by atoms with Crippen LogP contribution in [0.3, 0.4) is 0 Å². The van der Waals surface area contributed by atoms with Crippen LogP contribution < -0.4 is 4.74 Å². The quantitative estimate of drug-likeness (QED) is 0.887. The molecule has 2 heterocycles. The van der Waals surface area contributed by atoms with E-state index >= 15 is 0 Å². The van der Waals surface area contributed by atoms with E-state index in [1.54, 1.807) is 47.4 Å². The number of nitrogens with zero attached hydrogens (tertiary/aromatic N) is 2. The molecule has 132 valence electrons. The Labute approximate surface area is 150 Å². The predicted molar refractivity (Wildman–Crippen MR) is 93.9 cm³/mol. The van der Waals surface area contributed by atoms with Crippen LogP contribution in [0, 0.1) is 12.8 Å². The molecule has 3 rings (SSSR count). The Morgan fingerprint density at radius 3 is 2.88 bits per heavy atom. The van der Waals surface area contributed by atoms with Gasteiger partial charge in [0.2, 0.25) is 0 Å². The van der Waals surface area contributed by atoms with Gasteiger partial charge in [-0.05, 0) is 38.5 Å². The van der Waals surface area contributed by atoms with Gasteiger partial charge in [0.15, 0.2) is 0 Å². The summed E-state index contributed by atoms with van der Waals surface area (Å²) in [5.41, 5.74) is 1.36. The Morgan fingerprint density at radius 1 is 1.44 bits per heavy atom. The second-order valence-electron chi connectivity index (χ2n) is 6.15. The topological polar surface area (TPSA) is 79.7 Å². The Bertz CT molecular complexity index is 789. The summed E-state index contributed by atoms with van der Waals surface area (Å²) in [7, 11) is 0. The van der Waals surface area contributed by atoms with Crippen molar-refractivity contribution in [2.75, 3.05) is 6.54 Å². The van der Waals surface area contributed by atoms with Gasteiger partial charge in [-0.3, -0.25) is 9.59 Å². The van der Waals surface area contributed by atoms with Crippen LogP contribution in [0.15, 0.2) is 29.6 Å². The van der Waals surface area contributed by atoms with Crippen molar-refractivity contribution in [3.8, 4) is 5.75 Å². The number of rotatable bonds is 5. The minimum atomic E-state index is -0.849. The SMILES string of the molecule is Cc1nc(COc2cccc(C(=O)N3CCC(C(=O)O)C3C)c2)cs1. The number of hydrogen-bond donors (Lipinski definition) is 1. The average Bonchev–Trinajstić information content (AvgIpc) is 3.18. The van der Waals surface area contributed by atoms with Gasteiger partial charge in [-0.25, -0.2) is 4.98 Å². The smallest absolute Gasteiger partial charge is 0.308 e. The molecule has 0 spiro atoms. The highest BCUT2D eigenvalue weighted by Gasteiger charge is 2.38. The first kappa shape index (κ1) is 17.4. The lowest BCUT2D eigenvalue weighted by molar-refractivity contribution is -0.142. The normalized spacial score (nSPS) is 19.8. The summed E-state index contributed by atoms with van der Waals surface area (Å²) in [6.07, 6.45) is 0.488. The fourth-order valence-corrected chi connectivity index (χ4v) is 3.67. The van der Waals surface area contributed by atoms with Gasteiger partial charge < -0.3 is 14.7 Å². The summed E-state index contributed by atoms with van der Waals surface area (Å²) in [5, 5.41) is 12.1. The lowest BCUT2D eigenvalue weighted by Gasteiger charge is -2.23. The molecule has 0 bridgehead atoms. The summed E-state index contributed by atoms with van der Waals surface area (Å²) < 4.78 is 5.72.